The molecule has 25 heavy (non-hydrogen) atoms. The van der Waals surface area contributed by atoms with Crippen molar-refractivity contribution < 1.29 is 18.0 Å². The zero-order chi connectivity index (χ0) is 18.0. The summed E-state index contributed by atoms with van der Waals surface area (Å²) in [6.45, 7) is 1.01. The van der Waals surface area contributed by atoms with Crippen molar-refractivity contribution in [2.45, 2.75) is 25.1 Å². The number of pyridine rings is 1. The molecule has 8 heteroatoms. The Kier molecular flexibility index (Phi) is 4.99. The van der Waals surface area contributed by atoms with Gasteiger partial charge in [0.05, 0.1) is 10.4 Å². The van der Waals surface area contributed by atoms with Crippen LogP contribution in [0.15, 0.2) is 35.8 Å². The lowest BCUT2D eigenvalue weighted by Gasteiger charge is -2.38. The molecule has 1 fully saturated rings. The zero-order valence-electron chi connectivity index (χ0n) is 13.7. The van der Waals surface area contributed by atoms with Crippen LogP contribution in [0.5, 0.6) is 0 Å². The fraction of sp³-hybridized carbons (Fsp3) is 0.412. The van der Waals surface area contributed by atoms with E-state index in [2.05, 4.69) is 4.98 Å². The predicted molar refractivity (Wildman–Crippen MR) is 90.9 cm³/mol. The molecule has 1 aliphatic rings. The van der Waals surface area contributed by atoms with Crippen LogP contribution in [-0.2, 0) is 6.18 Å². The van der Waals surface area contributed by atoms with E-state index in [9.17, 15) is 18.0 Å². The molecule has 1 amide bonds. The lowest BCUT2D eigenvalue weighted by Crippen LogP contribution is -2.49. The highest BCUT2D eigenvalue weighted by molar-refractivity contribution is 7.12. The highest BCUT2D eigenvalue weighted by Crippen LogP contribution is 2.36. The summed E-state index contributed by atoms with van der Waals surface area (Å²) >= 11 is 1.37. The zero-order valence-corrected chi connectivity index (χ0v) is 14.5. The first-order valence-electron chi connectivity index (χ1n) is 7.95. The molecule has 3 heterocycles. The Morgan fingerprint density at radius 3 is 2.84 bits per heavy atom. The van der Waals surface area contributed by atoms with Crippen LogP contribution in [0, 0.1) is 0 Å². The molecule has 1 aliphatic heterocycles. The molecule has 1 atom stereocenters. The number of carbonyl (C=O) groups excluding carboxylic acids is 1. The SMILES string of the molecule is CN(c1ncccc1C(F)(F)F)C1CCCN(C(=O)c2cccs2)C1. The van der Waals surface area contributed by atoms with E-state index in [1.165, 1.54) is 23.6 Å². The van der Waals surface area contributed by atoms with Crippen LogP contribution in [0.1, 0.15) is 28.1 Å². The molecule has 0 radical (unpaired) electrons. The molecule has 0 spiro atoms. The molecule has 3 rings (SSSR count). The van der Waals surface area contributed by atoms with Crippen molar-refractivity contribution in [2.75, 3.05) is 25.0 Å². The van der Waals surface area contributed by atoms with Gasteiger partial charge in [0.2, 0.25) is 0 Å². The van der Waals surface area contributed by atoms with E-state index in [0.29, 0.717) is 18.0 Å². The third-order valence-electron chi connectivity index (χ3n) is 4.39. The summed E-state index contributed by atoms with van der Waals surface area (Å²) in [7, 11) is 1.61. The molecular formula is C17H18F3N3OS. The Morgan fingerprint density at radius 2 is 2.16 bits per heavy atom. The molecule has 0 aromatic carbocycles. The number of amides is 1. The van der Waals surface area contributed by atoms with Gasteiger partial charge >= 0.3 is 6.18 Å². The number of hydrogen-bond donors (Lipinski definition) is 0. The second-order valence-corrected chi connectivity index (χ2v) is 6.96. The minimum Gasteiger partial charge on any atom is -0.354 e. The molecule has 0 bridgehead atoms. The van der Waals surface area contributed by atoms with Crippen molar-refractivity contribution in [3.05, 3.63) is 46.3 Å². The van der Waals surface area contributed by atoms with Gasteiger partial charge in [-0.05, 0) is 36.4 Å². The van der Waals surface area contributed by atoms with E-state index < -0.39 is 11.7 Å². The van der Waals surface area contributed by atoms with Crippen molar-refractivity contribution >= 4 is 23.1 Å². The number of likely N-dealkylation sites (N-methyl/N-ethyl adjacent to an activating group) is 1. The number of alkyl halides is 3. The van der Waals surface area contributed by atoms with E-state index in [0.717, 1.165) is 18.9 Å². The molecule has 1 saturated heterocycles. The highest BCUT2D eigenvalue weighted by Gasteiger charge is 2.37. The van der Waals surface area contributed by atoms with Gasteiger partial charge in [-0.25, -0.2) is 4.98 Å². The second kappa shape index (κ2) is 7.03. The van der Waals surface area contributed by atoms with Gasteiger partial charge in [-0.2, -0.15) is 13.2 Å². The number of halogens is 3. The minimum absolute atomic E-state index is 0.0647. The van der Waals surface area contributed by atoms with Gasteiger partial charge in [0, 0.05) is 32.4 Å². The molecule has 2 aromatic rings. The van der Waals surface area contributed by atoms with Crippen LogP contribution in [0.2, 0.25) is 0 Å². The molecule has 4 nitrogen and oxygen atoms in total. The summed E-state index contributed by atoms with van der Waals surface area (Å²) in [4.78, 5) is 20.4. The maximum atomic E-state index is 13.2. The highest BCUT2D eigenvalue weighted by atomic mass is 32.1. The summed E-state index contributed by atoms with van der Waals surface area (Å²) in [5.41, 5.74) is -0.751. The van der Waals surface area contributed by atoms with E-state index in [1.807, 2.05) is 11.4 Å². The van der Waals surface area contributed by atoms with Crippen LogP contribution in [0.25, 0.3) is 0 Å². The summed E-state index contributed by atoms with van der Waals surface area (Å²) in [5, 5.41) is 1.84. The maximum Gasteiger partial charge on any atom is 0.419 e. The number of hydrogen-bond acceptors (Lipinski definition) is 4. The van der Waals surface area contributed by atoms with Crippen LogP contribution < -0.4 is 4.90 Å². The third-order valence-corrected chi connectivity index (χ3v) is 5.25. The van der Waals surface area contributed by atoms with Crippen molar-refractivity contribution in [3.63, 3.8) is 0 Å². The van der Waals surface area contributed by atoms with Crippen molar-refractivity contribution in [1.82, 2.24) is 9.88 Å². The summed E-state index contributed by atoms with van der Waals surface area (Å²) < 4.78 is 39.7. The van der Waals surface area contributed by atoms with Crippen LogP contribution in [0.4, 0.5) is 19.0 Å². The number of thiophene rings is 1. The Balaban J connectivity index is 1.79. The van der Waals surface area contributed by atoms with Crippen molar-refractivity contribution in [2.24, 2.45) is 0 Å². The Morgan fingerprint density at radius 1 is 1.36 bits per heavy atom. The van der Waals surface area contributed by atoms with E-state index >= 15 is 0 Å². The first-order chi connectivity index (χ1) is 11.9. The van der Waals surface area contributed by atoms with Crippen molar-refractivity contribution in [3.8, 4) is 0 Å². The number of likely N-dealkylation sites (tertiary alicyclic amines) is 1. The van der Waals surface area contributed by atoms with Gasteiger partial charge in [-0.15, -0.1) is 11.3 Å². The smallest absolute Gasteiger partial charge is 0.354 e. The fourth-order valence-electron chi connectivity index (χ4n) is 3.08. The number of carbonyl (C=O) groups is 1. The molecule has 134 valence electrons. The number of nitrogens with zero attached hydrogens (tertiary/aromatic N) is 3. The van der Waals surface area contributed by atoms with Gasteiger partial charge in [-0.1, -0.05) is 6.07 Å². The van der Waals surface area contributed by atoms with Gasteiger partial charge in [0.15, 0.2) is 0 Å². The Hall–Kier alpha value is -2.09. The maximum absolute atomic E-state index is 13.2. The van der Waals surface area contributed by atoms with Gasteiger partial charge < -0.3 is 9.80 Å². The second-order valence-electron chi connectivity index (χ2n) is 6.01. The monoisotopic (exact) mass is 369 g/mol. The number of anilines is 1. The van der Waals surface area contributed by atoms with Crippen molar-refractivity contribution in [1.29, 1.82) is 0 Å². The third kappa shape index (κ3) is 3.78. The topological polar surface area (TPSA) is 36.4 Å². The average Bonchev–Trinajstić information content (AvgIpc) is 3.14. The van der Waals surface area contributed by atoms with E-state index in [-0.39, 0.29) is 17.8 Å². The first kappa shape index (κ1) is 17.7. The van der Waals surface area contributed by atoms with Crippen LogP contribution in [-0.4, -0.2) is 42.0 Å². The van der Waals surface area contributed by atoms with E-state index in [1.54, 1.807) is 22.9 Å². The first-order valence-corrected chi connectivity index (χ1v) is 8.83. The minimum atomic E-state index is -4.46. The summed E-state index contributed by atoms with van der Waals surface area (Å²) in [5.74, 6) is -0.157. The quantitative estimate of drug-likeness (QED) is 0.823. The van der Waals surface area contributed by atoms with Crippen LogP contribution in [0.3, 0.4) is 0 Å². The summed E-state index contributed by atoms with van der Waals surface area (Å²) in [6, 6.07) is 5.70. The van der Waals surface area contributed by atoms with Crippen LogP contribution >= 0.6 is 11.3 Å². The lowest BCUT2D eigenvalue weighted by molar-refractivity contribution is -0.137. The lowest BCUT2D eigenvalue weighted by atomic mass is 10.0. The largest absolute Gasteiger partial charge is 0.419 e. The van der Waals surface area contributed by atoms with Gasteiger partial charge in [0.25, 0.3) is 5.91 Å². The number of aromatic nitrogens is 1. The molecule has 2 aromatic heterocycles. The number of piperidine rings is 1. The molecule has 0 aliphatic carbocycles. The standard InChI is InChI=1S/C17H18F3N3OS/c1-22(15-13(17(18,19)20)6-2-8-21-15)12-5-3-9-23(11-12)16(24)14-7-4-10-25-14/h2,4,6-8,10,12H,3,5,9,11H2,1H3. The van der Waals surface area contributed by atoms with E-state index in [4.69, 9.17) is 0 Å². The predicted octanol–water partition coefficient (Wildman–Crippen LogP) is 3.90. The fourth-order valence-corrected chi connectivity index (χ4v) is 3.77. The normalized spacial score (nSPS) is 18.2. The Bertz CT molecular complexity index is 733. The Labute approximate surface area is 147 Å². The summed E-state index contributed by atoms with van der Waals surface area (Å²) in [6.07, 6.45) is -1.63. The molecule has 0 saturated carbocycles. The molecule has 0 N–H and O–H groups in total. The molecule has 1 unspecified atom stereocenters. The van der Waals surface area contributed by atoms with Gasteiger partial charge in [0.1, 0.15) is 5.82 Å². The average molecular weight is 369 g/mol. The van der Waals surface area contributed by atoms with Gasteiger partial charge in [-0.3, -0.25) is 4.79 Å². The molecular weight excluding hydrogens is 351 g/mol. The number of rotatable bonds is 3.